The van der Waals surface area contributed by atoms with Crippen LogP contribution in [0.3, 0.4) is 0 Å². The van der Waals surface area contributed by atoms with Crippen molar-refractivity contribution >= 4 is 5.91 Å². The molecule has 1 aromatic carbocycles. The van der Waals surface area contributed by atoms with Crippen molar-refractivity contribution in [3.8, 4) is 11.5 Å². The molecule has 0 atom stereocenters. The van der Waals surface area contributed by atoms with Crippen molar-refractivity contribution < 1.29 is 14.3 Å². The van der Waals surface area contributed by atoms with Crippen LogP contribution in [-0.2, 0) is 6.73 Å². The van der Waals surface area contributed by atoms with Crippen LogP contribution in [0.15, 0.2) is 36.5 Å². The summed E-state index contributed by atoms with van der Waals surface area (Å²) in [4.78, 5) is 12.7. The number of carbonyl (C=O) groups is 1. The molecule has 0 spiro atoms. The van der Waals surface area contributed by atoms with Crippen LogP contribution in [0.4, 0.5) is 0 Å². The fourth-order valence-corrected chi connectivity index (χ4v) is 6.23. The SMILES string of the molecule is COc1ccc(OCn2ccc(C(=O)NCC34CC5CC(CC(C5)C3)C4)n2)cc1. The van der Waals surface area contributed by atoms with Crippen LogP contribution < -0.4 is 14.8 Å². The van der Waals surface area contributed by atoms with Gasteiger partial charge in [-0.15, -0.1) is 0 Å². The minimum atomic E-state index is -0.0797. The summed E-state index contributed by atoms with van der Waals surface area (Å²) in [5.74, 6) is 4.12. The van der Waals surface area contributed by atoms with Gasteiger partial charge in [0.05, 0.1) is 7.11 Å². The molecule has 0 saturated heterocycles. The highest BCUT2D eigenvalue weighted by Crippen LogP contribution is 2.59. The van der Waals surface area contributed by atoms with Gasteiger partial charge < -0.3 is 14.8 Å². The van der Waals surface area contributed by atoms with Crippen molar-refractivity contribution in [2.45, 2.75) is 45.3 Å². The molecule has 0 aliphatic heterocycles. The van der Waals surface area contributed by atoms with E-state index in [0.717, 1.165) is 35.8 Å². The lowest BCUT2D eigenvalue weighted by atomic mass is 9.49. The Kier molecular flexibility index (Phi) is 4.72. The molecule has 4 aliphatic carbocycles. The molecule has 2 aromatic rings. The number of aromatic nitrogens is 2. The second-order valence-electron chi connectivity index (χ2n) is 9.29. The number of carbonyl (C=O) groups excluding carboxylic acids is 1. The third kappa shape index (κ3) is 3.85. The molecule has 29 heavy (non-hydrogen) atoms. The van der Waals surface area contributed by atoms with Crippen molar-refractivity contribution in [2.75, 3.05) is 13.7 Å². The van der Waals surface area contributed by atoms with Gasteiger partial charge in [-0.3, -0.25) is 4.79 Å². The topological polar surface area (TPSA) is 65.4 Å². The van der Waals surface area contributed by atoms with E-state index in [2.05, 4.69) is 10.4 Å². The molecule has 4 aliphatic rings. The smallest absolute Gasteiger partial charge is 0.271 e. The molecule has 6 nitrogen and oxygen atoms in total. The van der Waals surface area contributed by atoms with Gasteiger partial charge in [-0.2, -0.15) is 5.10 Å². The number of hydrogen-bond donors (Lipinski definition) is 1. The minimum absolute atomic E-state index is 0.0797. The Hall–Kier alpha value is -2.50. The zero-order valence-electron chi connectivity index (χ0n) is 17.0. The van der Waals surface area contributed by atoms with Crippen LogP contribution in [-0.4, -0.2) is 29.3 Å². The predicted octanol–water partition coefficient (Wildman–Crippen LogP) is 3.87. The molecular weight excluding hydrogens is 366 g/mol. The summed E-state index contributed by atoms with van der Waals surface area (Å²) >= 11 is 0. The van der Waals surface area contributed by atoms with E-state index in [1.165, 1.54) is 38.5 Å². The molecule has 4 fully saturated rings. The van der Waals surface area contributed by atoms with Crippen molar-refractivity contribution in [3.05, 3.63) is 42.2 Å². The lowest BCUT2D eigenvalue weighted by molar-refractivity contribution is -0.0503. The van der Waals surface area contributed by atoms with Gasteiger partial charge >= 0.3 is 0 Å². The van der Waals surface area contributed by atoms with Crippen LogP contribution in [0.2, 0.25) is 0 Å². The average molecular weight is 396 g/mol. The highest BCUT2D eigenvalue weighted by atomic mass is 16.5. The molecule has 6 heteroatoms. The van der Waals surface area contributed by atoms with Gasteiger partial charge in [0, 0.05) is 12.7 Å². The van der Waals surface area contributed by atoms with Gasteiger partial charge in [-0.05, 0) is 92.0 Å². The summed E-state index contributed by atoms with van der Waals surface area (Å²) in [5.41, 5.74) is 0.790. The predicted molar refractivity (Wildman–Crippen MR) is 109 cm³/mol. The van der Waals surface area contributed by atoms with E-state index in [0.29, 0.717) is 11.1 Å². The second kappa shape index (κ2) is 7.39. The van der Waals surface area contributed by atoms with Crippen LogP contribution in [0.5, 0.6) is 11.5 Å². The van der Waals surface area contributed by atoms with Gasteiger partial charge in [0.2, 0.25) is 0 Å². The Bertz CT molecular complexity index is 838. The highest BCUT2D eigenvalue weighted by Gasteiger charge is 2.50. The number of rotatable bonds is 7. The molecule has 0 unspecified atom stereocenters. The Morgan fingerprint density at radius 1 is 1.07 bits per heavy atom. The third-order valence-electron chi connectivity index (χ3n) is 7.09. The first-order valence-corrected chi connectivity index (χ1v) is 10.7. The Morgan fingerprint density at radius 3 is 2.31 bits per heavy atom. The van der Waals surface area contributed by atoms with Crippen molar-refractivity contribution in [3.63, 3.8) is 0 Å². The van der Waals surface area contributed by atoms with Gasteiger partial charge in [0.25, 0.3) is 5.91 Å². The van der Waals surface area contributed by atoms with Crippen LogP contribution in [0, 0.1) is 23.2 Å². The number of ether oxygens (including phenoxy) is 2. The van der Waals surface area contributed by atoms with E-state index in [9.17, 15) is 4.79 Å². The minimum Gasteiger partial charge on any atom is -0.497 e. The van der Waals surface area contributed by atoms with Crippen LogP contribution in [0.25, 0.3) is 0 Å². The van der Waals surface area contributed by atoms with E-state index in [-0.39, 0.29) is 12.6 Å². The fraction of sp³-hybridized carbons (Fsp3) is 0.565. The number of hydrogen-bond acceptors (Lipinski definition) is 4. The molecule has 0 radical (unpaired) electrons. The van der Waals surface area contributed by atoms with Crippen molar-refractivity contribution in [1.29, 1.82) is 0 Å². The third-order valence-corrected chi connectivity index (χ3v) is 7.09. The Morgan fingerprint density at radius 2 is 1.69 bits per heavy atom. The molecular formula is C23H29N3O3. The normalized spacial score (nSPS) is 29.6. The number of nitrogens with one attached hydrogen (secondary N) is 1. The highest BCUT2D eigenvalue weighted by molar-refractivity contribution is 5.92. The summed E-state index contributed by atoms with van der Waals surface area (Å²) in [5, 5.41) is 7.57. The maximum absolute atomic E-state index is 12.7. The number of nitrogens with zero attached hydrogens (tertiary/aromatic N) is 2. The maximum atomic E-state index is 12.7. The molecule has 1 aromatic heterocycles. The standard InChI is InChI=1S/C23H29N3O3/c1-28-19-2-4-20(5-3-19)29-15-26-7-6-21(25-26)22(27)24-14-23-11-16-8-17(12-23)10-18(9-16)13-23/h2-7,16-18H,8-15H2,1H3,(H,24,27). The van der Waals surface area contributed by atoms with Crippen LogP contribution in [0.1, 0.15) is 49.0 Å². The van der Waals surface area contributed by atoms with Gasteiger partial charge in [0.1, 0.15) is 17.2 Å². The van der Waals surface area contributed by atoms with Gasteiger partial charge in [0.15, 0.2) is 6.73 Å². The van der Waals surface area contributed by atoms with E-state index in [1.807, 2.05) is 24.3 Å². The summed E-state index contributed by atoms with van der Waals surface area (Å²) in [6.07, 6.45) is 9.93. The molecule has 154 valence electrons. The summed E-state index contributed by atoms with van der Waals surface area (Å²) in [6, 6.07) is 9.15. The zero-order valence-corrected chi connectivity index (χ0v) is 17.0. The fourth-order valence-electron chi connectivity index (χ4n) is 6.23. The van der Waals surface area contributed by atoms with Gasteiger partial charge in [-0.1, -0.05) is 0 Å². The molecule has 1 heterocycles. The van der Waals surface area contributed by atoms with E-state index < -0.39 is 0 Å². The number of amides is 1. The summed E-state index contributed by atoms with van der Waals surface area (Å²) in [7, 11) is 1.63. The first-order chi connectivity index (χ1) is 14.1. The lowest BCUT2D eigenvalue weighted by Crippen LogP contribution is -2.51. The first-order valence-electron chi connectivity index (χ1n) is 10.7. The van der Waals surface area contributed by atoms with E-state index in [4.69, 9.17) is 9.47 Å². The zero-order chi connectivity index (χ0) is 19.8. The molecule has 6 rings (SSSR count). The van der Waals surface area contributed by atoms with Gasteiger partial charge in [-0.25, -0.2) is 4.68 Å². The molecule has 1 N–H and O–H groups in total. The maximum Gasteiger partial charge on any atom is 0.271 e. The monoisotopic (exact) mass is 395 g/mol. The average Bonchev–Trinajstić information content (AvgIpc) is 3.19. The van der Waals surface area contributed by atoms with Crippen molar-refractivity contribution in [2.24, 2.45) is 23.2 Å². The van der Waals surface area contributed by atoms with Crippen LogP contribution >= 0.6 is 0 Å². The number of methoxy groups -OCH3 is 1. The number of benzene rings is 1. The largest absolute Gasteiger partial charge is 0.497 e. The van der Waals surface area contributed by atoms with E-state index in [1.54, 1.807) is 24.1 Å². The Balaban J connectivity index is 1.15. The lowest BCUT2D eigenvalue weighted by Gasteiger charge is -2.56. The molecule has 4 saturated carbocycles. The summed E-state index contributed by atoms with van der Waals surface area (Å²) < 4.78 is 12.5. The first kappa shape index (κ1) is 18.5. The Labute approximate surface area is 171 Å². The summed E-state index contributed by atoms with van der Waals surface area (Å²) in [6.45, 7) is 1.05. The second-order valence-corrected chi connectivity index (χ2v) is 9.29. The van der Waals surface area contributed by atoms with E-state index >= 15 is 0 Å². The molecule has 1 amide bonds. The van der Waals surface area contributed by atoms with Crippen molar-refractivity contribution in [1.82, 2.24) is 15.1 Å². The quantitative estimate of drug-likeness (QED) is 0.773. The molecule has 4 bridgehead atoms.